The lowest BCUT2D eigenvalue weighted by molar-refractivity contribution is 0.0981. The molecule has 0 saturated carbocycles. The van der Waals surface area contributed by atoms with Crippen LogP contribution >= 0.6 is 0 Å². The van der Waals surface area contributed by atoms with Crippen LogP contribution in [0.15, 0.2) is 30.3 Å². The number of likely N-dealkylation sites (tertiary alicyclic amines) is 1. The van der Waals surface area contributed by atoms with Gasteiger partial charge in [0.1, 0.15) is 5.82 Å². The van der Waals surface area contributed by atoms with Gasteiger partial charge in [-0.1, -0.05) is 12.1 Å². The highest BCUT2D eigenvalue weighted by molar-refractivity contribution is 5.95. The van der Waals surface area contributed by atoms with E-state index >= 15 is 0 Å². The van der Waals surface area contributed by atoms with Gasteiger partial charge in [-0.25, -0.2) is 9.78 Å². The fourth-order valence-corrected chi connectivity index (χ4v) is 3.26. The molecule has 2 aromatic rings. The Hall–Kier alpha value is -3.16. The van der Waals surface area contributed by atoms with Gasteiger partial charge in [0.25, 0.3) is 0 Å². The number of amides is 1. The number of rotatable bonds is 6. The molecule has 0 aliphatic carbocycles. The molecule has 8 heteroatoms. The standard InChI is InChI=1S/C21H27N5O3/c1-4-29-21(28)26-10-8-17(9-11-26)24-20-22-14(2)12-19(25-20)23-18-7-5-6-16(13-18)15(3)27/h5-7,12-13,17H,4,8-11H2,1-3H3,(H2,22,23,24,25). The van der Waals surface area contributed by atoms with E-state index in [-0.39, 0.29) is 17.9 Å². The van der Waals surface area contributed by atoms with Crippen LogP contribution in [0.3, 0.4) is 0 Å². The van der Waals surface area contributed by atoms with Gasteiger partial charge in [-0.2, -0.15) is 4.98 Å². The second kappa shape index (κ2) is 9.36. The van der Waals surface area contributed by atoms with Crippen LogP contribution in [-0.4, -0.2) is 52.5 Å². The summed E-state index contributed by atoms with van der Waals surface area (Å²) in [6.07, 6.45) is 1.36. The van der Waals surface area contributed by atoms with Gasteiger partial charge in [0.15, 0.2) is 5.78 Å². The van der Waals surface area contributed by atoms with E-state index in [1.54, 1.807) is 24.0 Å². The molecular formula is C21H27N5O3. The maximum atomic E-state index is 11.8. The Morgan fingerprint density at radius 2 is 1.97 bits per heavy atom. The molecule has 1 aliphatic heterocycles. The van der Waals surface area contributed by atoms with Crippen LogP contribution in [0.4, 0.5) is 22.2 Å². The summed E-state index contributed by atoms with van der Waals surface area (Å²) in [5.74, 6) is 1.22. The third-order valence-electron chi connectivity index (χ3n) is 4.75. The monoisotopic (exact) mass is 397 g/mol. The highest BCUT2D eigenvalue weighted by Crippen LogP contribution is 2.20. The summed E-state index contributed by atoms with van der Waals surface area (Å²) < 4.78 is 5.06. The van der Waals surface area contributed by atoms with Gasteiger partial charge in [0, 0.05) is 42.1 Å². The van der Waals surface area contributed by atoms with Crippen molar-refractivity contribution in [3.05, 3.63) is 41.6 Å². The molecule has 0 atom stereocenters. The van der Waals surface area contributed by atoms with Crippen LogP contribution in [0.1, 0.15) is 42.7 Å². The molecular weight excluding hydrogens is 370 g/mol. The quantitative estimate of drug-likeness (QED) is 0.716. The number of aromatic nitrogens is 2. The van der Waals surface area contributed by atoms with Gasteiger partial charge in [0.2, 0.25) is 5.95 Å². The number of carbonyl (C=O) groups excluding carboxylic acids is 2. The van der Waals surface area contributed by atoms with Crippen LogP contribution in [0.2, 0.25) is 0 Å². The van der Waals surface area contributed by atoms with Crippen LogP contribution in [-0.2, 0) is 4.74 Å². The number of ether oxygens (including phenoxy) is 1. The van der Waals surface area contributed by atoms with Crippen molar-refractivity contribution < 1.29 is 14.3 Å². The first-order valence-corrected chi connectivity index (χ1v) is 9.86. The van der Waals surface area contributed by atoms with E-state index in [2.05, 4.69) is 20.6 Å². The molecule has 0 radical (unpaired) electrons. The maximum absolute atomic E-state index is 11.8. The van der Waals surface area contributed by atoms with Gasteiger partial charge in [-0.05, 0) is 45.7 Å². The number of piperidine rings is 1. The lowest BCUT2D eigenvalue weighted by Gasteiger charge is -2.31. The lowest BCUT2D eigenvalue weighted by atomic mass is 10.1. The number of aryl methyl sites for hydroxylation is 1. The molecule has 0 spiro atoms. The van der Waals surface area contributed by atoms with E-state index in [0.29, 0.717) is 37.0 Å². The minimum Gasteiger partial charge on any atom is -0.450 e. The Balaban J connectivity index is 1.63. The molecule has 1 amide bonds. The summed E-state index contributed by atoms with van der Waals surface area (Å²) in [5, 5.41) is 6.61. The van der Waals surface area contributed by atoms with E-state index < -0.39 is 0 Å². The third-order valence-corrected chi connectivity index (χ3v) is 4.75. The van der Waals surface area contributed by atoms with E-state index in [4.69, 9.17) is 4.74 Å². The lowest BCUT2D eigenvalue weighted by Crippen LogP contribution is -2.42. The normalized spacial score (nSPS) is 14.4. The zero-order chi connectivity index (χ0) is 20.8. The molecule has 1 aromatic heterocycles. The second-order valence-corrected chi connectivity index (χ2v) is 7.08. The van der Waals surface area contributed by atoms with Crippen molar-refractivity contribution in [2.75, 3.05) is 30.3 Å². The molecule has 1 fully saturated rings. The molecule has 2 N–H and O–H groups in total. The van der Waals surface area contributed by atoms with Crippen molar-refractivity contribution in [1.29, 1.82) is 0 Å². The number of carbonyl (C=O) groups is 2. The first-order valence-electron chi connectivity index (χ1n) is 9.86. The van der Waals surface area contributed by atoms with E-state index in [9.17, 15) is 9.59 Å². The van der Waals surface area contributed by atoms with Crippen LogP contribution in [0, 0.1) is 6.92 Å². The molecule has 2 heterocycles. The van der Waals surface area contributed by atoms with E-state index in [1.165, 1.54) is 0 Å². The van der Waals surface area contributed by atoms with Gasteiger partial charge >= 0.3 is 6.09 Å². The minimum atomic E-state index is -0.253. The summed E-state index contributed by atoms with van der Waals surface area (Å²) in [5.41, 5.74) is 2.27. The Morgan fingerprint density at radius 3 is 2.66 bits per heavy atom. The topological polar surface area (TPSA) is 96.5 Å². The van der Waals surface area contributed by atoms with E-state index in [0.717, 1.165) is 24.2 Å². The van der Waals surface area contributed by atoms with Gasteiger partial charge in [-0.3, -0.25) is 4.79 Å². The average molecular weight is 397 g/mol. The van der Waals surface area contributed by atoms with Crippen molar-refractivity contribution in [3.63, 3.8) is 0 Å². The van der Waals surface area contributed by atoms with E-state index in [1.807, 2.05) is 32.0 Å². The summed E-state index contributed by atoms with van der Waals surface area (Å²) in [6.45, 7) is 6.94. The molecule has 1 aliphatic rings. The number of ketones is 1. The molecule has 1 aromatic carbocycles. The third kappa shape index (κ3) is 5.66. The van der Waals surface area contributed by atoms with Crippen LogP contribution in [0.25, 0.3) is 0 Å². The van der Waals surface area contributed by atoms with Crippen molar-refractivity contribution in [2.24, 2.45) is 0 Å². The second-order valence-electron chi connectivity index (χ2n) is 7.08. The van der Waals surface area contributed by atoms with Gasteiger partial charge in [-0.15, -0.1) is 0 Å². The summed E-state index contributed by atoms with van der Waals surface area (Å²) in [7, 11) is 0. The van der Waals surface area contributed by atoms with Gasteiger partial charge < -0.3 is 20.3 Å². The summed E-state index contributed by atoms with van der Waals surface area (Å²) in [6, 6.07) is 9.36. The highest BCUT2D eigenvalue weighted by atomic mass is 16.6. The molecule has 0 unspecified atom stereocenters. The fraction of sp³-hybridized carbons (Fsp3) is 0.429. The van der Waals surface area contributed by atoms with Gasteiger partial charge in [0.05, 0.1) is 6.61 Å². The first kappa shape index (κ1) is 20.6. The Labute approximate surface area is 170 Å². The number of nitrogens with one attached hydrogen (secondary N) is 2. The van der Waals surface area contributed by atoms with Crippen LogP contribution in [0.5, 0.6) is 0 Å². The number of hydrogen-bond acceptors (Lipinski definition) is 7. The molecule has 154 valence electrons. The number of nitrogens with zero attached hydrogens (tertiary/aromatic N) is 3. The molecule has 3 rings (SSSR count). The Kier molecular flexibility index (Phi) is 6.64. The van der Waals surface area contributed by atoms with Crippen LogP contribution < -0.4 is 10.6 Å². The number of Topliss-reactive ketones (excluding diaryl/α,β-unsaturated/α-hetero) is 1. The first-order chi connectivity index (χ1) is 13.9. The van der Waals surface area contributed by atoms with Crippen molar-refractivity contribution in [1.82, 2.24) is 14.9 Å². The minimum absolute atomic E-state index is 0.0176. The smallest absolute Gasteiger partial charge is 0.409 e. The number of anilines is 3. The number of hydrogen-bond donors (Lipinski definition) is 2. The molecule has 0 bridgehead atoms. The number of benzene rings is 1. The molecule has 8 nitrogen and oxygen atoms in total. The van der Waals surface area contributed by atoms with Crippen molar-refractivity contribution >= 4 is 29.3 Å². The summed E-state index contributed by atoms with van der Waals surface area (Å²) in [4.78, 5) is 34.2. The Bertz CT molecular complexity index is 878. The SMILES string of the molecule is CCOC(=O)N1CCC(Nc2nc(C)cc(Nc3cccc(C(C)=O)c3)n2)CC1. The van der Waals surface area contributed by atoms with Crippen molar-refractivity contribution in [3.8, 4) is 0 Å². The predicted molar refractivity (Wildman–Crippen MR) is 112 cm³/mol. The molecule has 1 saturated heterocycles. The maximum Gasteiger partial charge on any atom is 0.409 e. The fourth-order valence-electron chi connectivity index (χ4n) is 3.26. The highest BCUT2D eigenvalue weighted by Gasteiger charge is 2.24. The zero-order valence-electron chi connectivity index (χ0n) is 17.1. The summed E-state index contributed by atoms with van der Waals surface area (Å²) >= 11 is 0. The average Bonchev–Trinajstić information content (AvgIpc) is 2.68. The van der Waals surface area contributed by atoms with Crippen molar-refractivity contribution in [2.45, 2.75) is 39.7 Å². The molecule has 29 heavy (non-hydrogen) atoms. The predicted octanol–water partition coefficient (Wildman–Crippen LogP) is 3.76. The zero-order valence-corrected chi connectivity index (χ0v) is 17.1. The largest absolute Gasteiger partial charge is 0.450 e. The Morgan fingerprint density at radius 1 is 1.21 bits per heavy atom.